The van der Waals surface area contributed by atoms with Crippen LogP contribution in [0.1, 0.15) is 57.4 Å². The monoisotopic (exact) mass is 432 g/mol. The molecule has 0 atom stereocenters. The van der Waals surface area contributed by atoms with E-state index >= 15 is 0 Å². The van der Waals surface area contributed by atoms with Gasteiger partial charge in [-0.25, -0.2) is 0 Å². The lowest BCUT2D eigenvalue weighted by atomic mass is 10.2. The molecule has 23 heavy (non-hydrogen) atoms. The topological polar surface area (TPSA) is 52.6 Å². The quantitative estimate of drug-likeness (QED) is 0.291. The minimum absolute atomic E-state index is 0.0680. The van der Waals surface area contributed by atoms with E-state index in [4.69, 9.17) is 9.47 Å². The van der Waals surface area contributed by atoms with Crippen molar-refractivity contribution in [2.45, 2.75) is 58.5 Å². The second-order valence-corrected chi connectivity index (χ2v) is 6.67. The average Bonchev–Trinajstić information content (AvgIpc) is 2.54. The number of unbranched alkanes of at least 4 members (excludes halogenated alkanes) is 4. The van der Waals surface area contributed by atoms with Gasteiger partial charge in [-0.3, -0.25) is 9.59 Å². The summed E-state index contributed by atoms with van der Waals surface area (Å²) in [5.41, 5.74) is 0.944. The Labute approximate surface area is 152 Å². The van der Waals surface area contributed by atoms with Crippen LogP contribution in [0.5, 0.6) is 0 Å². The van der Waals surface area contributed by atoms with Crippen molar-refractivity contribution in [3.05, 3.63) is 33.4 Å². The highest BCUT2D eigenvalue weighted by molar-refractivity contribution is 14.1. The van der Waals surface area contributed by atoms with Gasteiger partial charge >= 0.3 is 11.9 Å². The number of carbonyl (C=O) groups excluding carboxylic acids is 2. The van der Waals surface area contributed by atoms with Gasteiger partial charge in [0, 0.05) is 3.57 Å². The summed E-state index contributed by atoms with van der Waals surface area (Å²) in [4.78, 5) is 23.1. The Morgan fingerprint density at radius 1 is 1.00 bits per heavy atom. The van der Waals surface area contributed by atoms with Crippen LogP contribution in [-0.2, 0) is 25.7 Å². The fourth-order valence-corrected chi connectivity index (χ4v) is 2.64. The molecule has 0 aliphatic heterocycles. The van der Waals surface area contributed by atoms with Gasteiger partial charge in [-0.05, 0) is 46.7 Å². The zero-order valence-corrected chi connectivity index (χ0v) is 15.8. The van der Waals surface area contributed by atoms with Crippen LogP contribution in [0.25, 0.3) is 0 Å². The first kappa shape index (κ1) is 19.9. The van der Waals surface area contributed by atoms with Gasteiger partial charge in [-0.1, -0.05) is 44.7 Å². The minimum atomic E-state index is -0.372. The molecule has 0 saturated carbocycles. The smallest absolute Gasteiger partial charge is 0.306 e. The Kier molecular flexibility index (Phi) is 10.7. The molecule has 0 aliphatic carbocycles. The fraction of sp³-hybridized carbons (Fsp3) is 0.556. The Hall–Kier alpha value is -1.11. The van der Waals surface area contributed by atoms with Crippen molar-refractivity contribution in [2.24, 2.45) is 0 Å². The lowest BCUT2D eigenvalue weighted by Crippen LogP contribution is -2.11. The summed E-state index contributed by atoms with van der Waals surface area (Å²) in [6.07, 6.45) is 5.73. The molecule has 1 aromatic rings. The maximum atomic E-state index is 11.6. The van der Waals surface area contributed by atoms with Gasteiger partial charge in [0.2, 0.25) is 0 Å². The lowest BCUT2D eigenvalue weighted by Gasteiger charge is -2.06. The molecule has 0 aromatic heterocycles. The molecular formula is C18H25IO4. The van der Waals surface area contributed by atoms with Crippen molar-refractivity contribution < 1.29 is 19.1 Å². The molecule has 0 radical (unpaired) electrons. The van der Waals surface area contributed by atoms with Gasteiger partial charge < -0.3 is 9.47 Å². The summed E-state index contributed by atoms with van der Waals surface area (Å²) in [6.45, 7) is 2.85. The van der Waals surface area contributed by atoms with Crippen LogP contribution < -0.4 is 0 Å². The molecule has 4 nitrogen and oxygen atoms in total. The third kappa shape index (κ3) is 10.3. The predicted molar refractivity (Wildman–Crippen MR) is 97.9 cm³/mol. The van der Waals surface area contributed by atoms with Crippen LogP contribution >= 0.6 is 22.6 Å². The first-order valence-electron chi connectivity index (χ1n) is 8.17. The van der Waals surface area contributed by atoms with Crippen molar-refractivity contribution in [1.29, 1.82) is 0 Å². The molecule has 0 aliphatic rings. The van der Waals surface area contributed by atoms with Gasteiger partial charge in [0.05, 0.1) is 19.4 Å². The van der Waals surface area contributed by atoms with Gasteiger partial charge in [0.1, 0.15) is 6.61 Å². The summed E-state index contributed by atoms with van der Waals surface area (Å²) >= 11 is 2.21. The summed E-state index contributed by atoms with van der Waals surface area (Å²) < 4.78 is 11.4. The van der Waals surface area contributed by atoms with Gasteiger partial charge in [0.15, 0.2) is 0 Å². The number of esters is 2. The summed E-state index contributed by atoms with van der Waals surface area (Å²) in [6, 6.07) is 7.76. The number of benzene rings is 1. The average molecular weight is 432 g/mol. The number of hydrogen-bond acceptors (Lipinski definition) is 4. The molecule has 0 spiro atoms. The second-order valence-electron chi connectivity index (χ2n) is 5.43. The maximum absolute atomic E-state index is 11.6. The molecule has 128 valence electrons. The van der Waals surface area contributed by atoms with Crippen LogP contribution in [0, 0.1) is 3.57 Å². The van der Waals surface area contributed by atoms with E-state index in [2.05, 4.69) is 29.5 Å². The van der Waals surface area contributed by atoms with Gasteiger partial charge in [-0.2, -0.15) is 0 Å². The molecule has 0 heterocycles. The molecule has 1 aromatic carbocycles. The molecule has 0 unspecified atom stereocenters. The Bertz CT molecular complexity index is 488. The second kappa shape index (κ2) is 12.3. The maximum Gasteiger partial charge on any atom is 0.306 e. The highest BCUT2D eigenvalue weighted by Gasteiger charge is 2.09. The fourth-order valence-electron chi connectivity index (χ4n) is 2.03. The van der Waals surface area contributed by atoms with E-state index in [1.807, 2.05) is 24.3 Å². The Balaban J connectivity index is 2.07. The third-order valence-electron chi connectivity index (χ3n) is 3.33. The molecule has 0 saturated heterocycles. The van der Waals surface area contributed by atoms with Crippen molar-refractivity contribution in [2.75, 3.05) is 6.61 Å². The normalized spacial score (nSPS) is 10.3. The summed E-state index contributed by atoms with van der Waals surface area (Å²) in [5.74, 6) is -0.699. The number of ether oxygens (including phenoxy) is 2. The molecular weight excluding hydrogens is 407 g/mol. The van der Waals surface area contributed by atoms with Crippen LogP contribution in [-0.4, -0.2) is 18.5 Å². The number of halogens is 1. The van der Waals surface area contributed by atoms with E-state index in [9.17, 15) is 9.59 Å². The van der Waals surface area contributed by atoms with Gasteiger partial charge in [0.25, 0.3) is 0 Å². The largest absolute Gasteiger partial charge is 0.466 e. The standard InChI is InChI=1S/C18H25IO4/c1-2-3-4-5-6-12-22-17(20)10-11-18(21)23-14-15-8-7-9-16(19)13-15/h7-9,13H,2-6,10-12,14H2,1H3. The first-order valence-corrected chi connectivity index (χ1v) is 9.25. The summed E-state index contributed by atoms with van der Waals surface area (Å²) in [5, 5.41) is 0. The van der Waals surface area contributed by atoms with Crippen LogP contribution in [0.15, 0.2) is 24.3 Å². The van der Waals surface area contributed by atoms with Crippen LogP contribution in [0.4, 0.5) is 0 Å². The van der Waals surface area contributed by atoms with E-state index in [1.165, 1.54) is 19.3 Å². The predicted octanol–water partition coefficient (Wildman–Crippen LogP) is 4.63. The van der Waals surface area contributed by atoms with Crippen molar-refractivity contribution in [3.8, 4) is 0 Å². The van der Waals surface area contributed by atoms with E-state index < -0.39 is 0 Å². The van der Waals surface area contributed by atoms with Gasteiger partial charge in [-0.15, -0.1) is 0 Å². The van der Waals surface area contributed by atoms with Crippen molar-refractivity contribution in [3.63, 3.8) is 0 Å². The van der Waals surface area contributed by atoms with Crippen LogP contribution in [0.3, 0.4) is 0 Å². The number of carbonyl (C=O) groups is 2. The molecule has 0 bridgehead atoms. The first-order chi connectivity index (χ1) is 11.1. The van der Waals surface area contributed by atoms with E-state index in [1.54, 1.807) is 0 Å². The van der Waals surface area contributed by atoms with E-state index in [0.29, 0.717) is 6.61 Å². The lowest BCUT2D eigenvalue weighted by molar-refractivity contribution is -0.151. The molecule has 0 amide bonds. The molecule has 5 heteroatoms. The number of rotatable bonds is 11. The van der Waals surface area contributed by atoms with E-state index in [0.717, 1.165) is 22.0 Å². The van der Waals surface area contributed by atoms with Crippen molar-refractivity contribution >= 4 is 34.5 Å². The minimum Gasteiger partial charge on any atom is -0.466 e. The van der Waals surface area contributed by atoms with Crippen molar-refractivity contribution in [1.82, 2.24) is 0 Å². The Morgan fingerprint density at radius 3 is 2.39 bits per heavy atom. The zero-order chi connectivity index (χ0) is 16.9. The molecule has 0 fully saturated rings. The van der Waals surface area contributed by atoms with Crippen LogP contribution in [0.2, 0.25) is 0 Å². The Morgan fingerprint density at radius 2 is 1.70 bits per heavy atom. The highest BCUT2D eigenvalue weighted by atomic mass is 127. The number of hydrogen-bond donors (Lipinski definition) is 0. The SMILES string of the molecule is CCCCCCCOC(=O)CCC(=O)OCc1cccc(I)c1. The van der Waals surface area contributed by atoms with E-state index in [-0.39, 0.29) is 31.4 Å². The highest BCUT2D eigenvalue weighted by Crippen LogP contribution is 2.09. The molecule has 0 N–H and O–H groups in total. The summed E-state index contributed by atoms with van der Waals surface area (Å²) in [7, 11) is 0. The third-order valence-corrected chi connectivity index (χ3v) is 4.00. The zero-order valence-electron chi connectivity index (χ0n) is 13.7. The molecule has 1 rings (SSSR count).